The molecule has 0 unspecified atom stereocenters. The second kappa shape index (κ2) is 12.1. The van der Waals surface area contributed by atoms with Crippen LogP contribution in [0.15, 0.2) is 78.2 Å². The Morgan fingerprint density at radius 3 is 2.24 bits per heavy atom. The van der Waals surface area contributed by atoms with Crippen LogP contribution in [-0.4, -0.2) is 59.3 Å². The molecule has 1 N–H and O–H groups in total. The van der Waals surface area contributed by atoms with Gasteiger partial charge in [0.05, 0.1) is 12.1 Å². The van der Waals surface area contributed by atoms with Crippen molar-refractivity contribution in [3.63, 3.8) is 0 Å². The van der Waals surface area contributed by atoms with Crippen LogP contribution >= 0.6 is 11.3 Å². The summed E-state index contributed by atoms with van der Waals surface area (Å²) >= 11 is 1.33. The molecule has 0 radical (unpaired) electrons. The van der Waals surface area contributed by atoms with Crippen LogP contribution < -0.4 is 5.32 Å². The first-order chi connectivity index (χ1) is 16.7. The third-order valence-corrected chi connectivity index (χ3v) is 6.35. The lowest BCUT2D eigenvalue weighted by molar-refractivity contribution is -0.132. The Balaban J connectivity index is 1.19. The molecule has 34 heavy (non-hydrogen) atoms. The quantitative estimate of drug-likeness (QED) is 0.499. The lowest BCUT2D eigenvalue weighted by atomic mass is 10.2. The minimum absolute atomic E-state index is 0.0756. The molecular weight excluding hydrogens is 444 g/mol. The standard InChI is InChI=1S/C27H28N4O2S/c32-25(14-13-23-10-5-2-6-11-23)29-27-28-24(21-34-27)20-26(33)31-18-16-30(17-19-31)15-7-12-22-8-3-1-4-9-22/h1-14,21H,15-20H2,(H,28,29,32)/b12-7+,14-13+. The molecule has 1 saturated heterocycles. The predicted molar refractivity (Wildman–Crippen MR) is 138 cm³/mol. The van der Waals surface area contributed by atoms with Crippen molar-refractivity contribution in [3.05, 3.63) is 95.0 Å². The van der Waals surface area contributed by atoms with E-state index in [1.807, 2.05) is 58.8 Å². The minimum atomic E-state index is -0.242. The molecule has 1 aliphatic rings. The van der Waals surface area contributed by atoms with E-state index in [9.17, 15) is 9.59 Å². The number of carbonyl (C=O) groups excluding carboxylic acids is 2. The van der Waals surface area contributed by atoms with Gasteiger partial charge in [-0.1, -0.05) is 72.8 Å². The van der Waals surface area contributed by atoms with Gasteiger partial charge in [-0.05, 0) is 17.2 Å². The van der Waals surface area contributed by atoms with E-state index in [0.717, 1.165) is 38.3 Å². The molecule has 2 heterocycles. The molecule has 4 rings (SSSR count). The Morgan fingerprint density at radius 1 is 0.912 bits per heavy atom. The molecule has 0 atom stereocenters. The van der Waals surface area contributed by atoms with Crippen LogP contribution in [0.2, 0.25) is 0 Å². The highest BCUT2D eigenvalue weighted by Gasteiger charge is 2.21. The topological polar surface area (TPSA) is 65.5 Å². The summed E-state index contributed by atoms with van der Waals surface area (Å²) in [5.41, 5.74) is 2.84. The van der Waals surface area contributed by atoms with Crippen molar-refractivity contribution >= 4 is 40.4 Å². The Bertz CT molecular complexity index is 1130. The van der Waals surface area contributed by atoms with Gasteiger partial charge in [-0.2, -0.15) is 0 Å². The van der Waals surface area contributed by atoms with Crippen LogP contribution in [-0.2, 0) is 16.0 Å². The van der Waals surface area contributed by atoms with Gasteiger partial charge in [-0.15, -0.1) is 11.3 Å². The van der Waals surface area contributed by atoms with Crippen LogP contribution in [0.5, 0.6) is 0 Å². The Kier molecular flexibility index (Phi) is 8.38. The fourth-order valence-corrected chi connectivity index (χ4v) is 4.39. The summed E-state index contributed by atoms with van der Waals surface area (Å²) < 4.78 is 0. The van der Waals surface area contributed by atoms with E-state index in [1.165, 1.54) is 23.0 Å². The maximum absolute atomic E-state index is 12.7. The Morgan fingerprint density at radius 2 is 1.56 bits per heavy atom. The normalized spacial score (nSPS) is 14.6. The van der Waals surface area contributed by atoms with Crippen LogP contribution in [0.25, 0.3) is 12.2 Å². The average molecular weight is 473 g/mol. The number of amides is 2. The molecule has 1 aliphatic heterocycles. The van der Waals surface area contributed by atoms with Gasteiger partial charge in [0.15, 0.2) is 5.13 Å². The molecule has 2 amide bonds. The van der Waals surface area contributed by atoms with Gasteiger partial charge in [0, 0.05) is 44.2 Å². The number of benzene rings is 2. The number of hydrogen-bond acceptors (Lipinski definition) is 5. The lowest BCUT2D eigenvalue weighted by Crippen LogP contribution is -2.49. The fraction of sp³-hybridized carbons (Fsp3) is 0.222. The largest absolute Gasteiger partial charge is 0.340 e. The second-order valence-electron chi connectivity index (χ2n) is 8.05. The highest BCUT2D eigenvalue weighted by Crippen LogP contribution is 2.17. The third kappa shape index (κ3) is 7.23. The van der Waals surface area contributed by atoms with Crippen molar-refractivity contribution in [2.24, 2.45) is 0 Å². The van der Waals surface area contributed by atoms with Gasteiger partial charge >= 0.3 is 0 Å². The van der Waals surface area contributed by atoms with E-state index in [4.69, 9.17) is 0 Å². The molecule has 3 aromatic rings. The zero-order valence-corrected chi connectivity index (χ0v) is 19.8. The number of nitrogens with one attached hydrogen (secondary N) is 1. The monoisotopic (exact) mass is 472 g/mol. The van der Waals surface area contributed by atoms with Crippen LogP contribution in [0.4, 0.5) is 5.13 Å². The van der Waals surface area contributed by atoms with E-state index in [2.05, 4.69) is 39.5 Å². The van der Waals surface area contributed by atoms with E-state index < -0.39 is 0 Å². The highest BCUT2D eigenvalue weighted by atomic mass is 32.1. The van der Waals surface area contributed by atoms with Gasteiger partial charge in [0.25, 0.3) is 0 Å². The van der Waals surface area contributed by atoms with Crippen LogP contribution in [0, 0.1) is 0 Å². The van der Waals surface area contributed by atoms with Gasteiger partial charge in [0.1, 0.15) is 0 Å². The average Bonchev–Trinajstić information content (AvgIpc) is 3.31. The highest BCUT2D eigenvalue weighted by molar-refractivity contribution is 7.14. The Hall–Kier alpha value is -3.55. The molecule has 174 valence electrons. The molecule has 0 saturated carbocycles. The molecule has 0 spiro atoms. The zero-order chi connectivity index (χ0) is 23.6. The number of anilines is 1. The number of rotatable bonds is 8. The molecule has 1 fully saturated rings. The molecule has 6 nitrogen and oxygen atoms in total. The summed E-state index contributed by atoms with van der Waals surface area (Å²) in [5.74, 6) is -0.167. The van der Waals surface area contributed by atoms with E-state index in [-0.39, 0.29) is 18.2 Å². The summed E-state index contributed by atoms with van der Waals surface area (Å²) in [6, 6.07) is 19.9. The van der Waals surface area contributed by atoms with Crippen molar-refractivity contribution in [3.8, 4) is 0 Å². The van der Waals surface area contributed by atoms with Crippen molar-refractivity contribution in [1.82, 2.24) is 14.8 Å². The van der Waals surface area contributed by atoms with Crippen molar-refractivity contribution < 1.29 is 9.59 Å². The van der Waals surface area contributed by atoms with E-state index in [0.29, 0.717) is 10.8 Å². The van der Waals surface area contributed by atoms with Gasteiger partial charge in [-0.3, -0.25) is 19.8 Å². The van der Waals surface area contributed by atoms with Gasteiger partial charge in [-0.25, -0.2) is 4.98 Å². The smallest absolute Gasteiger partial charge is 0.250 e. The molecule has 7 heteroatoms. The zero-order valence-electron chi connectivity index (χ0n) is 19.0. The number of thiazole rings is 1. The summed E-state index contributed by atoms with van der Waals surface area (Å²) in [7, 11) is 0. The van der Waals surface area contributed by atoms with Crippen LogP contribution in [0.3, 0.4) is 0 Å². The summed E-state index contributed by atoms with van der Waals surface area (Å²) in [6.07, 6.45) is 7.79. The SMILES string of the molecule is O=C(/C=C/c1ccccc1)Nc1nc(CC(=O)N2CCN(C/C=C/c3ccccc3)CC2)cs1. The molecule has 2 aromatic carbocycles. The molecule has 0 bridgehead atoms. The summed E-state index contributed by atoms with van der Waals surface area (Å²) in [4.78, 5) is 33.5. The molecular formula is C27H28N4O2S. The first kappa shape index (κ1) is 23.6. The van der Waals surface area contributed by atoms with Crippen LogP contribution in [0.1, 0.15) is 16.8 Å². The number of nitrogens with zero attached hydrogens (tertiary/aromatic N) is 3. The van der Waals surface area contributed by atoms with Gasteiger partial charge < -0.3 is 4.90 Å². The van der Waals surface area contributed by atoms with Crippen molar-refractivity contribution in [2.45, 2.75) is 6.42 Å². The lowest BCUT2D eigenvalue weighted by Gasteiger charge is -2.34. The summed E-state index contributed by atoms with van der Waals surface area (Å²) in [5, 5.41) is 5.10. The second-order valence-corrected chi connectivity index (χ2v) is 8.91. The minimum Gasteiger partial charge on any atom is -0.340 e. The van der Waals surface area contributed by atoms with Gasteiger partial charge in [0.2, 0.25) is 11.8 Å². The first-order valence-electron chi connectivity index (χ1n) is 11.4. The number of piperazine rings is 1. The predicted octanol–water partition coefficient (Wildman–Crippen LogP) is 4.20. The fourth-order valence-electron chi connectivity index (χ4n) is 3.68. The number of aromatic nitrogens is 1. The molecule has 1 aromatic heterocycles. The van der Waals surface area contributed by atoms with Crippen molar-refractivity contribution in [1.29, 1.82) is 0 Å². The Labute approximate surface area is 204 Å². The van der Waals surface area contributed by atoms with E-state index in [1.54, 1.807) is 6.08 Å². The summed E-state index contributed by atoms with van der Waals surface area (Å²) in [6.45, 7) is 4.03. The third-order valence-electron chi connectivity index (χ3n) is 5.54. The number of hydrogen-bond donors (Lipinski definition) is 1. The van der Waals surface area contributed by atoms with E-state index >= 15 is 0 Å². The number of carbonyl (C=O) groups is 2. The first-order valence-corrected chi connectivity index (χ1v) is 12.2. The molecule has 0 aliphatic carbocycles. The maximum Gasteiger partial charge on any atom is 0.250 e. The maximum atomic E-state index is 12.7. The van der Waals surface area contributed by atoms with Crippen molar-refractivity contribution in [2.75, 3.05) is 38.0 Å².